The van der Waals surface area contributed by atoms with E-state index in [1.807, 2.05) is 0 Å². The van der Waals surface area contributed by atoms with Gasteiger partial charge in [-0.15, -0.1) is 0 Å². The van der Waals surface area contributed by atoms with E-state index in [0.717, 1.165) is 34.5 Å². The molecule has 0 amide bonds. The first kappa shape index (κ1) is 41.2. The van der Waals surface area contributed by atoms with Crippen LogP contribution in [0.4, 0.5) is 0 Å². The second-order valence-electron chi connectivity index (χ2n) is 16.3. The van der Waals surface area contributed by atoms with E-state index in [2.05, 4.69) is 24.3 Å². The van der Waals surface area contributed by atoms with E-state index >= 15 is 0 Å². The second-order valence-corrected chi connectivity index (χ2v) is 23.6. The van der Waals surface area contributed by atoms with Crippen LogP contribution in [0.15, 0.2) is 24.3 Å². The number of allylic oxidation sites excluding steroid dienone is 4. The van der Waals surface area contributed by atoms with Gasteiger partial charge in [-0.05, 0) is 124 Å². The van der Waals surface area contributed by atoms with Crippen LogP contribution in [-0.4, -0.2) is 35.0 Å². The summed E-state index contributed by atoms with van der Waals surface area (Å²) in [6.45, 7) is 0. The fourth-order valence-electron chi connectivity index (χ4n) is 10.2. The van der Waals surface area contributed by atoms with E-state index in [9.17, 15) is 0 Å². The Kier molecular flexibility index (Phi) is 23.0. The number of hydrogen-bond donors (Lipinski definition) is 0. The predicted octanol–water partition coefficient (Wildman–Crippen LogP) is 15.9. The zero-order valence-corrected chi connectivity index (χ0v) is 34.7. The van der Waals surface area contributed by atoms with Crippen molar-refractivity contribution in [1.82, 2.24) is 0 Å². The summed E-state index contributed by atoms with van der Waals surface area (Å²) in [5.74, 6) is 1.87. The Bertz CT molecular complexity index is 697. The molecule has 6 saturated carbocycles. The molecule has 6 aliphatic carbocycles. The molecular formula is C42H74Cl2NiP2. The van der Waals surface area contributed by atoms with Gasteiger partial charge in [0.15, 0.2) is 0 Å². The summed E-state index contributed by atoms with van der Waals surface area (Å²) in [4.78, 5) is 0. The van der Waals surface area contributed by atoms with E-state index in [4.69, 9.17) is 20.4 Å². The first-order valence-electron chi connectivity index (χ1n) is 21.0. The minimum absolute atomic E-state index is 0.289. The van der Waals surface area contributed by atoms with E-state index in [0.29, 0.717) is 12.7 Å². The Balaban J connectivity index is 0.000000197. The molecule has 0 saturated heterocycles. The summed E-state index contributed by atoms with van der Waals surface area (Å²) in [6.07, 6.45) is 59.2. The van der Waals surface area contributed by atoms with Crippen LogP contribution in [0, 0.1) is 11.8 Å². The van der Waals surface area contributed by atoms with Gasteiger partial charge in [0.05, 0.1) is 0 Å². The zero-order chi connectivity index (χ0) is 32.8. The molecule has 0 spiro atoms. The minimum atomic E-state index is 0.289. The molecule has 0 atom stereocenters. The molecule has 0 heterocycles. The van der Waals surface area contributed by atoms with Crippen molar-refractivity contribution >= 4 is 36.2 Å². The van der Waals surface area contributed by atoms with Crippen LogP contribution in [0.1, 0.15) is 193 Å². The summed E-state index contributed by atoms with van der Waals surface area (Å²) < 4.78 is 0. The quantitative estimate of drug-likeness (QED) is 0.118. The van der Waals surface area contributed by atoms with Crippen molar-refractivity contribution in [2.45, 2.75) is 215 Å². The van der Waals surface area contributed by atoms with Gasteiger partial charge in [-0.2, -0.15) is 0 Å². The van der Waals surface area contributed by atoms with Gasteiger partial charge in [-0.25, -0.2) is 0 Å². The standard InChI is InChI=1S/2C21H37P.2ClH.Ni/c2*1-4-11-19(12-5-1)13-10-18-22(20-14-6-2-7-15-20)21-16-8-3-9-17-21;;;/h2*10,13,19-21H,1-9,11-12,14-18H2;2*1H;/q;;;;+2/p-2. The predicted molar refractivity (Wildman–Crippen MR) is 214 cm³/mol. The molecule has 6 aliphatic rings. The first-order chi connectivity index (χ1) is 23.3. The molecule has 0 aromatic rings. The molecule has 0 bridgehead atoms. The Labute approximate surface area is 310 Å². The Morgan fingerprint density at radius 1 is 0.362 bits per heavy atom. The second kappa shape index (κ2) is 26.2. The van der Waals surface area contributed by atoms with Crippen LogP contribution in [0.25, 0.3) is 0 Å². The van der Waals surface area contributed by atoms with Crippen molar-refractivity contribution in [2.24, 2.45) is 11.8 Å². The molecule has 0 radical (unpaired) electrons. The van der Waals surface area contributed by atoms with E-state index in [1.54, 1.807) is 51.4 Å². The average molecular weight is 771 g/mol. The Morgan fingerprint density at radius 3 is 0.809 bits per heavy atom. The van der Waals surface area contributed by atoms with Gasteiger partial charge in [0.25, 0.3) is 0 Å². The van der Waals surface area contributed by atoms with E-state index in [1.165, 1.54) is 154 Å². The van der Waals surface area contributed by atoms with E-state index < -0.39 is 0 Å². The maximum atomic E-state index is 4.70. The topological polar surface area (TPSA) is 0 Å². The maximum absolute atomic E-state index is 4.70. The molecule has 0 aromatic carbocycles. The van der Waals surface area contributed by atoms with E-state index in [-0.39, 0.29) is 15.8 Å². The molecule has 6 rings (SSSR count). The third kappa shape index (κ3) is 16.3. The van der Waals surface area contributed by atoms with Gasteiger partial charge in [0, 0.05) is 0 Å². The van der Waals surface area contributed by atoms with Crippen LogP contribution in [0.2, 0.25) is 0 Å². The summed E-state index contributed by atoms with van der Waals surface area (Å²) in [6, 6.07) is 0. The number of rotatable bonds is 10. The van der Waals surface area contributed by atoms with Crippen LogP contribution >= 0.6 is 36.2 Å². The van der Waals surface area contributed by atoms with Crippen LogP contribution in [0.3, 0.4) is 0 Å². The molecule has 0 aromatic heterocycles. The van der Waals surface area contributed by atoms with Gasteiger partial charge in [0.2, 0.25) is 0 Å². The Morgan fingerprint density at radius 2 is 0.574 bits per heavy atom. The van der Waals surface area contributed by atoms with Crippen molar-refractivity contribution in [2.75, 3.05) is 12.3 Å². The summed E-state index contributed by atoms with van der Waals surface area (Å²) >= 11 is 0.569. The molecule has 5 heteroatoms. The van der Waals surface area contributed by atoms with Crippen LogP contribution in [-0.2, 0) is 12.7 Å². The summed E-state index contributed by atoms with van der Waals surface area (Å²) in [5, 5.41) is 0. The molecule has 0 unspecified atom stereocenters. The summed E-state index contributed by atoms with van der Waals surface area (Å²) in [7, 11) is 9.98. The molecule has 47 heavy (non-hydrogen) atoms. The van der Waals surface area contributed by atoms with Gasteiger partial charge in [-0.1, -0.05) is 156 Å². The van der Waals surface area contributed by atoms with Crippen LogP contribution < -0.4 is 0 Å². The first-order valence-corrected chi connectivity index (χ1v) is 27.0. The summed E-state index contributed by atoms with van der Waals surface area (Å²) in [5.41, 5.74) is 4.51. The zero-order valence-electron chi connectivity index (χ0n) is 30.4. The SMILES string of the molecule is C(=CC1CCCCC1)CP(C1CCCCC1)C1CCCCC1.C(=CC1CCCCC1)CP(C1CCCCC1)C1CCCCC1.[Cl][Ni][Cl]. The van der Waals surface area contributed by atoms with Crippen LogP contribution in [0.5, 0.6) is 0 Å². The molecular weight excluding hydrogens is 696 g/mol. The fourth-order valence-corrected chi connectivity index (χ4v) is 17.5. The number of halogens is 2. The molecule has 0 nitrogen and oxygen atoms in total. The Hall–Kier alpha value is 1.41. The van der Waals surface area contributed by atoms with Crippen molar-refractivity contribution in [3.8, 4) is 0 Å². The third-order valence-electron chi connectivity index (χ3n) is 12.9. The fraction of sp³-hybridized carbons (Fsp3) is 0.905. The molecule has 276 valence electrons. The molecule has 6 fully saturated rings. The van der Waals surface area contributed by atoms with Crippen molar-refractivity contribution in [3.05, 3.63) is 24.3 Å². The number of hydrogen-bond acceptors (Lipinski definition) is 0. The van der Waals surface area contributed by atoms with Crippen molar-refractivity contribution < 1.29 is 12.7 Å². The molecule has 0 aliphatic heterocycles. The monoisotopic (exact) mass is 768 g/mol. The molecule has 0 N–H and O–H groups in total. The van der Waals surface area contributed by atoms with Crippen molar-refractivity contribution in [1.29, 1.82) is 0 Å². The van der Waals surface area contributed by atoms with Gasteiger partial charge in [-0.3, -0.25) is 0 Å². The average Bonchev–Trinajstić information content (AvgIpc) is 3.15. The van der Waals surface area contributed by atoms with Gasteiger partial charge >= 0.3 is 33.0 Å². The normalized spacial score (nSPS) is 25.7. The van der Waals surface area contributed by atoms with Gasteiger partial charge < -0.3 is 0 Å². The van der Waals surface area contributed by atoms with Gasteiger partial charge in [0.1, 0.15) is 0 Å². The third-order valence-corrected chi connectivity index (χ3v) is 20.0. The van der Waals surface area contributed by atoms with Crippen molar-refractivity contribution in [3.63, 3.8) is 0 Å².